The zero-order valence-electron chi connectivity index (χ0n) is 20.1. The summed E-state index contributed by atoms with van der Waals surface area (Å²) in [5.41, 5.74) is 6.21. The second kappa shape index (κ2) is 10.7. The van der Waals surface area contributed by atoms with Crippen LogP contribution in [0, 0.1) is 23.2 Å². The number of aliphatic carboxylic acids is 1. The van der Waals surface area contributed by atoms with Crippen molar-refractivity contribution < 1.29 is 9.90 Å². The van der Waals surface area contributed by atoms with Crippen LogP contribution in [0.15, 0.2) is 22.8 Å². The fourth-order valence-electron chi connectivity index (χ4n) is 7.94. The van der Waals surface area contributed by atoms with E-state index in [2.05, 4.69) is 13.0 Å². The van der Waals surface area contributed by atoms with E-state index >= 15 is 0 Å². The first-order chi connectivity index (χ1) is 15.1. The second-order valence-corrected chi connectivity index (χ2v) is 11.5. The second-order valence-electron chi connectivity index (χ2n) is 11.5. The standard InChI is InChI=1S/C29H46O2/c1-29-20-12-16-26(29)25-19-18-22-13-10-11-15-24(22)28(25)23(21-29)14-8-6-4-2-3-5-7-9-17-27(30)31/h13,23,25-26H,2-12,14-21H2,1H3,(H,30,31)/t23-,25-,26-,29-/m0/s1. The zero-order chi connectivity index (χ0) is 21.7. The largest absolute Gasteiger partial charge is 0.481 e. The summed E-state index contributed by atoms with van der Waals surface area (Å²) >= 11 is 0. The van der Waals surface area contributed by atoms with Gasteiger partial charge in [-0.3, -0.25) is 4.79 Å². The van der Waals surface area contributed by atoms with E-state index in [-0.39, 0.29) is 0 Å². The summed E-state index contributed by atoms with van der Waals surface area (Å²) in [6.45, 7) is 2.65. The fraction of sp³-hybridized carbons (Fsp3) is 0.828. The van der Waals surface area contributed by atoms with Crippen molar-refractivity contribution in [2.24, 2.45) is 23.2 Å². The van der Waals surface area contributed by atoms with E-state index in [1.54, 1.807) is 5.57 Å². The Morgan fingerprint density at radius 1 is 1.00 bits per heavy atom. The molecule has 0 aromatic carbocycles. The van der Waals surface area contributed by atoms with Crippen LogP contribution in [0.25, 0.3) is 0 Å². The molecule has 2 saturated carbocycles. The van der Waals surface area contributed by atoms with Gasteiger partial charge in [0, 0.05) is 6.42 Å². The third-order valence-corrected chi connectivity index (χ3v) is 9.37. The van der Waals surface area contributed by atoms with E-state index in [1.165, 1.54) is 103 Å². The van der Waals surface area contributed by atoms with Crippen LogP contribution in [-0.2, 0) is 4.79 Å². The van der Waals surface area contributed by atoms with Gasteiger partial charge >= 0.3 is 5.97 Å². The molecule has 4 atom stereocenters. The van der Waals surface area contributed by atoms with Crippen LogP contribution in [0.2, 0.25) is 0 Å². The third kappa shape index (κ3) is 5.48. The van der Waals surface area contributed by atoms with Gasteiger partial charge in [-0.25, -0.2) is 0 Å². The van der Waals surface area contributed by atoms with E-state index in [9.17, 15) is 4.79 Å². The summed E-state index contributed by atoms with van der Waals surface area (Å²) in [6, 6.07) is 0. The highest BCUT2D eigenvalue weighted by Crippen LogP contribution is 2.62. The first-order valence-corrected chi connectivity index (χ1v) is 13.7. The Morgan fingerprint density at radius 3 is 2.52 bits per heavy atom. The molecule has 2 nitrogen and oxygen atoms in total. The van der Waals surface area contributed by atoms with Gasteiger partial charge in [-0.2, -0.15) is 0 Å². The van der Waals surface area contributed by atoms with Crippen LogP contribution < -0.4 is 0 Å². The molecule has 0 aliphatic heterocycles. The van der Waals surface area contributed by atoms with E-state index in [0.717, 1.165) is 30.6 Å². The van der Waals surface area contributed by atoms with Gasteiger partial charge in [0.05, 0.1) is 0 Å². The number of fused-ring (bicyclic) bond motifs is 4. The minimum Gasteiger partial charge on any atom is -0.481 e. The lowest BCUT2D eigenvalue weighted by Gasteiger charge is -2.51. The molecule has 1 N–H and O–H groups in total. The molecular weight excluding hydrogens is 380 g/mol. The molecule has 0 amide bonds. The van der Waals surface area contributed by atoms with Crippen molar-refractivity contribution in [1.29, 1.82) is 0 Å². The molecule has 4 aliphatic carbocycles. The number of carbonyl (C=O) groups is 1. The zero-order valence-corrected chi connectivity index (χ0v) is 20.1. The van der Waals surface area contributed by atoms with Gasteiger partial charge in [0.1, 0.15) is 0 Å². The lowest BCUT2D eigenvalue weighted by molar-refractivity contribution is -0.137. The Kier molecular flexibility index (Phi) is 7.99. The highest BCUT2D eigenvalue weighted by Gasteiger charge is 2.51. The number of hydrogen-bond acceptors (Lipinski definition) is 1. The van der Waals surface area contributed by atoms with Crippen molar-refractivity contribution in [3.8, 4) is 0 Å². The third-order valence-electron chi connectivity index (χ3n) is 9.37. The summed E-state index contributed by atoms with van der Waals surface area (Å²) in [4.78, 5) is 10.6. The Labute approximate surface area is 191 Å². The summed E-state index contributed by atoms with van der Waals surface area (Å²) in [6.07, 6.45) is 27.1. The molecule has 31 heavy (non-hydrogen) atoms. The van der Waals surface area contributed by atoms with Gasteiger partial charge in [-0.05, 0) is 98.5 Å². The van der Waals surface area contributed by atoms with Gasteiger partial charge in [0.25, 0.3) is 0 Å². The summed E-state index contributed by atoms with van der Waals surface area (Å²) in [7, 11) is 0. The lowest BCUT2D eigenvalue weighted by Crippen LogP contribution is -2.41. The molecule has 0 unspecified atom stereocenters. The maximum atomic E-state index is 10.6. The average molecular weight is 427 g/mol. The Balaban J connectivity index is 1.28. The predicted octanol–water partition coefficient (Wildman–Crippen LogP) is 8.62. The van der Waals surface area contributed by atoms with Gasteiger partial charge in [-0.15, -0.1) is 0 Å². The summed E-state index contributed by atoms with van der Waals surface area (Å²) in [5, 5.41) is 8.72. The van der Waals surface area contributed by atoms with Crippen LogP contribution in [0.5, 0.6) is 0 Å². The number of unbranched alkanes of at least 4 members (excludes halogenated alkanes) is 7. The molecule has 0 heterocycles. The molecule has 0 bridgehead atoms. The molecular formula is C29H46O2. The molecule has 4 aliphatic rings. The number of hydrogen-bond donors (Lipinski definition) is 1. The first-order valence-electron chi connectivity index (χ1n) is 13.7. The predicted molar refractivity (Wildman–Crippen MR) is 129 cm³/mol. The molecule has 0 radical (unpaired) electrons. The van der Waals surface area contributed by atoms with Crippen molar-refractivity contribution >= 4 is 5.97 Å². The molecule has 2 fully saturated rings. The molecule has 2 heteroatoms. The minimum absolute atomic E-state index is 0.344. The highest BCUT2D eigenvalue weighted by molar-refractivity contribution is 5.66. The maximum Gasteiger partial charge on any atom is 0.303 e. The SMILES string of the molecule is C[C@@]12CCC[C@H]1[C@@H]1CCC3=CCCCC3=C1[C@@H](CCCCCCCCCCC(=O)O)C2. The van der Waals surface area contributed by atoms with Gasteiger partial charge in [0.2, 0.25) is 0 Å². The van der Waals surface area contributed by atoms with Crippen molar-refractivity contribution in [3.63, 3.8) is 0 Å². The minimum atomic E-state index is -0.646. The Hall–Kier alpha value is -1.05. The van der Waals surface area contributed by atoms with Crippen LogP contribution in [0.4, 0.5) is 0 Å². The van der Waals surface area contributed by atoms with Crippen molar-refractivity contribution in [1.82, 2.24) is 0 Å². The molecule has 0 aromatic heterocycles. The highest BCUT2D eigenvalue weighted by atomic mass is 16.4. The van der Waals surface area contributed by atoms with Crippen molar-refractivity contribution in [2.75, 3.05) is 0 Å². The smallest absolute Gasteiger partial charge is 0.303 e. The molecule has 4 rings (SSSR count). The Morgan fingerprint density at radius 2 is 1.74 bits per heavy atom. The number of rotatable bonds is 11. The van der Waals surface area contributed by atoms with Gasteiger partial charge < -0.3 is 5.11 Å². The van der Waals surface area contributed by atoms with Crippen LogP contribution in [-0.4, -0.2) is 11.1 Å². The van der Waals surface area contributed by atoms with E-state index in [4.69, 9.17) is 5.11 Å². The normalized spacial score (nSPS) is 32.3. The van der Waals surface area contributed by atoms with E-state index in [1.807, 2.05) is 11.1 Å². The van der Waals surface area contributed by atoms with Crippen molar-refractivity contribution in [3.05, 3.63) is 22.8 Å². The maximum absolute atomic E-state index is 10.6. The van der Waals surface area contributed by atoms with Crippen LogP contribution >= 0.6 is 0 Å². The topological polar surface area (TPSA) is 37.3 Å². The summed E-state index contributed by atoms with van der Waals surface area (Å²) < 4.78 is 0. The van der Waals surface area contributed by atoms with Gasteiger partial charge in [-0.1, -0.05) is 69.9 Å². The van der Waals surface area contributed by atoms with Crippen LogP contribution in [0.1, 0.15) is 129 Å². The fourth-order valence-corrected chi connectivity index (χ4v) is 7.94. The molecule has 0 saturated heterocycles. The monoisotopic (exact) mass is 426 g/mol. The number of carboxylic acid groups (broad SMARTS) is 1. The van der Waals surface area contributed by atoms with E-state index in [0.29, 0.717) is 11.8 Å². The number of allylic oxidation sites excluding steroid dienone is 4. The van der Waals surface area contributed by atoms with Crippen LogP contribution in [0.3, 0.4) is 0 Å². The quantitative estimate of drug-likeness (QED) is 0.336. The lowest BCUT2D eigenvalue weighted by atomic mass is 9.54. The summed E-state index contributed by atoms with van der Waals surface area (Å²) in [5.74, 6) is 2.13. The Bertz CT molecular complexity index is 687. The first kappa shape index (κ1) is 23.1. The molecule has 0 spiro atoms. The van der Waals surface area contributed by atoms with E-state index < -0.39 is 5.97 Å². The number of carboxylic acids is 1. The van der Waals surface area contributed by atoms with Gasteiger partial charge in [0.15, 0.2) is 0 Å². The van der Waals surface area contributed by atoms with Crippen molar-refractivity contribution in [2.45, 2.75) is 129 Å². The molecule has 174 valence electrons. The molecule has 0 aromatic rings. The average Bonchev–Trinajstić information content (AvgIpc) is 3.15.